The fraction of sp³-hybridized carbons (Fsp3) is 0.833. The van der Waals surface area contributed by atoms with Crippen molar-refractivity contribution in [3.63, 3.8) is 0 Å². The van der Waals surface area contributed by atoms with E-state index in [0.29, 0.717) is 0 Å². The van der Waals surface area contributed by atoms with E-state index in [1.807, 2.05) is 0 Å². The molecule has 0 bridgehead atoms. The summed E-state index contributed by atoms with van der Waals surface area (Å²) in [4.78, 5) is 9.90. The van der Waals surface area contributed by atoms with E-state index in [1.165, 1.54) is 0 Å². The molecule has 0 aliphatic rings. The summed E-state index contributed by atoms with van der Waals surface area (Å²) in [6, 6.07) is 0. The Morgan fingerprint density at radius 2 is 1.54 bits per heavy atom. The predicted octanol–water partition coefficient (Wildman–Crippen LogP) is -4.03. The van der Waals surface area contributed by atoms with Crippen molar-refractivity contribution in [2.24, 2.45) is 0 Å². The molecule has 0 aromatic rings. The second-order valence-electron chi connectivity index (χ2n) is 2.36. The summed E-state index contributed by atoms with van der Waals surface area (Å²) in [6.07, 6.45) is -6.84. The number of aldehydes is 1. The van der Waals surface area contributed by atoms with Crippen molar-refractivity contribution in [3.8, 4) is 0 Å². The molecule has 6 nitrogen and oxygen atoms in total. The first kappa shape index (κ1) is 15.9. The molecule has 4 atom stereocenters. The molecule has 13 heavy (non-hydrogen) atoms. The molecule has 0 aliphatic heterocycles. The van der Waals surface area contributed by atoms with E-state index in [2.05, 4.69) is 0 Å². The fourth-order valence-corrected chi connectivity index (χ4v) is 0.618. The van der Waals surface area contributed by atoms with Crippen molar-refractivity contribution < 1.29 is 30.3 Å². The molecule has 0 rings (SSSR count). The maximum absolute atomic E-state index is 9.90. The molecule has 0 aliphatic carbocycles. The predicted molar refractivity (Wildman–Crippen MR) is 44.3 cm³/mol. The van der Waals surface area contributed by atoms with Crippen molar-refractivity contribution in [1.82, 2.24) is 0 Å². The summed E-state index contributed by atoms with van der Waals surface area (Å²) in [5, 5.41) is 43.5. The molecular formula is C6H13NaO6. The van der Waals surface area contributed by atoms with Gasteiger partial charge in [-0.1, -0.05) is 0 Å². The Labute approximate surface area is 97.1 Å². The van der Waals surface area contributed by atoms with Crippen LogP contribution in [-0.4, -0.2) is 92.4 Å². The second kappa shape index (κ2) is 7.84. The molecule has 7 heteroatoms. The van der Waals surface area contributed by atoms with Crippen molar-refractivity contribution in [1.29, 1.82) is 0 Å². The zero-order valence-corrected chi connectivity index (χ0v) is 6.24. The van der Waals surface area contributed by atoms with Crippen LogP contribution in [0.5, 0.6) is 0 Å². The number of hydrogen-bond acceptors (Lipinski definition) is 6. The average molecular weight is 204 g/mol. The Hall–Kier alpha value is 0.470. The normalized spacial score (nSPS) is 19.5. The standard InChI is InChI=1S/C6H12O6.Na.H/c7-1-3(9)5(11)6(12)4(10)2-8;;/h1,3-6,8-12H,2H2;;/t3-,4-,5-,6-;;/m1../s1. The molecule has 0 unspecified atom stereocenters. The van der Waals surface area contributed by atoms with Gasteiger partial charge < -0.3 is 30.3 Å². The first-order chi connectivity index (χ1) is 5.54. The van der Waals surface area contributed by atoms with Crippen LogP contribution in [0, 0.1) is 0 Å². The Kier molecular flexibility index (Phi) is 9.60. The van der Waals surface area contributed by atoms with Gasteiger partial charge >= 0.3 is 29.6 Å². The van der Waals surface area contributed by atoms with Crippen LogP contribution in [-0.2, 0) is 4.79 Å². The van der Waals surface area contributed by atoms with Crippen molar-refractivity contribution in [2.75, 3.05) is 6.61 Å². The molecule has 74 valence electrons. The zero-order valence-electron chi connectivity index (χ0n) is 6.24. The van der Waals surface area contributed by atoms with Crippen LogP contribution in [0.2, 0.25) is 0 Å². The molecule has 0 fully saturated rings. The second-order valence-corrected chi connectivity index (χ2v) is 2.36. The van der Waals surface area contributed by atoms with Gasteiger partial charge in [-0.25, -0.2) is 0 Å². The van der Waals surface area contributed by atoms with Crippen LogP contribution in [0.25, 0.3) is 0 Å². The summed E-state index contributed by atoms with van der Waals surface area (Å²) in [7, 11) is 0. The van der Waals surface area contributed by atoms with Crippen LogP contribution in [0.1, 0.15) is 0 Å². The van der Waals surface area contributed by atoms with Gasteiger partial charge in [0.25, 0.3) is 0 Å². The van der Waals surface area contributed by atoms with Crippen LogP contribution < -0.4 is 0 Å². The Balaban J connectivity index is 0. The minimum absolute atomic E-state index is 0. The monoisotopic (exact) mass is 204 g/mol. The summed E-state index contributed by atoms with van der Waals surface area (Å²) in [5.74, 6) is 0. The van der Waals surface area contributed by atoms with Gasteiger partial charge in [0.1, 0.15) is 24.4 Å². The molecule has 0 radical (unpaired) electrons. The third kappa shape index (κ3) is 5.04. The van der Waals surface area contributed by atoms with Gasteiger partial charge in [-0.3, -0.25) is 0 Å². The Bertz CT molecular complexity index is 143. The van der Waals surface area contributed by atoms with Crippen LogP contribution in [0.15, 0.2) is 0 Å². The van der Waals surface area contributed by atoms with Gasteiger partial charge in [-0.05, 0) is 0 Å². The molecule has 0 aromatic carbocycles. The topological polar surface area (TPSA) is 118 Å². The SMILES string of the molecule is O=C[C@@H](O)[C@@H](O)[C@H](O)[C@H](O)CO.[NaH]. The fourth-order valence-electron chi connectivity index (χ4n) is 0.618. The van der Waals surface area contributed by atoms with E-state index in [1.54, 1.807) is 0 Å². The van der Waals surface area contributed by atoms with Gasteiger partial charge in [0.15, 0.2) is 6.29 Å². The van der Waals surface area contributed by atoms with E-state index in [-0.39, 0.29) is 35.8 Å². The van der Waals surface area contributed by atoms with Crippen molar-refractivity contribution in [2.45, 2.75) is 24.4 Å². The van der Waals surface area contributed by atoms with Gasteiger partial charge in [0.05, 0.1) is 6.61 Å². The van der Waals surface area contributed by atoms with Gasteiger partial charge in [-0.15, -0.1) is 0 Å². The zero-order chi connectivity index (χ0) is 9.72. The third-order valence-electron chi connectivity index (χ3n) is 1.42. The number of rotatable bonds is 5. The van der Waals surface area contributed by atoms with E-state index in [0.717, 1.165) is 0 Å². The van der Waals surface area contributed by atoms with Crippen molar-refractivity contribution in [3.05, 3.63) is 0 Å². The number of hydrogen-bond donors (Lipinski definition) is 5. The van der Waals surface area contributed by atoms with Crippen LogP contribution >= 0.6 is 0 Å². The Morgan fingerprint density at radius 1 is 1.08 bits per heavy atom. The first-order valence-corrected chi connectivity index (χ1v) is 3.33. The number of aliphatic hydroxyl groups excluding tert-OH is 5. The van der Waals surface area contributed by atoms with Gasteiger partial charge in [0.2, 0.25) is 0 Å². The summed E-state index contributed by atoms with van der Waals surface area (Å²) in [6.45, 7) is -0.760. The molecular weight excluding hydrogens is 191 g/mol. The molecule has 0 heterocycles. The van der Waals surface area contributed by atoms with Crippen LogP contribution in [0.3, 0.4) is 0 Å². The van der Waals surface area contributed by atoms with Gasteiger partial charge in [0, 0.05) is 0 Å². The van der Waals surface area contributed by atoms with Crippen LogP contribution in [0.4, 0.5) is 0 Å². The van der Waals surface area contributed by atoms with Crippen molar-refractivity contribution >= 4 is 35.8 Å². The van der Waals surface area contributed by atoms with E-state index in [4.69, 9.17) is 25.5 Å². The first-order valence-electron chi connectivity index (χ1n) is 3.33. The minimum atomic E-state index is -1.79. The quantitative estimate of drug-likeness (QED) is 0.230. The Morgan fingerprint density at radius 3 is 1.85 bits per heavy atom. The van der Waals surface area contributed by atoms with E-state index >= 15 is 0 Å². The summed E-state index contributed by atoms with van der Waals surface area (Å²) in [5.41, 5.74) is 0. The summed E-state index contributed by atoms with van der Waals surface area (Å²) < 4.78 is 0. The van der Waals surface area contributed by atoms with Gasteiger partial charge in [-0.2, -0.15) is 0 Å². The molecule has 0 amide bonds. The number of carbonyl (C=O) groups is 1. The molecule has 0 saturated carbocycles. The average Bonchev–Trinajstić information content (AvgIpc) is 2.12. The number of aliphatic hydroxyl groups is 5. The van der Waals surface area contributed by atoms with E-state index < -0.39 is 31.0 Å². The maximum atomic E-state index is 9.90. The third-order valence-corrected chi connectivity index (χ3v) is 1.42. The number of carbonyl (C=O) groups excluding carboxylic acids is 1. The summed E-state index contributed by atoms with van der Waals surface area (Å²) >= 11 is 0. The molecule has 0 saturated heterocycles. The molecule has 0 spiro atoms. The molecule has 5 N–H and O–H groups in total. The molecule has 0 aromatic heterocycles. The van der Waals surface area contributed by atoms with E-state index in [9.17, 15) is 4.79 Å².